The van der Waals surface area contributed by atoms with Crippen molar-refractivity contribution in [3.8, 4) is 23.1 Å². The number of carbonyl (C=O) groups excluding carboxylic acids is 1. The van der Waals surface area contributed by atoms with Crippen molar-refractivity contribution in [2.45, 2.75) is 24.5 Å². The topological polar surface area (TPSA) is 122 Å². The summed E-state index contributed by atoms with van der Waals surface area (Å²) in [5.41, 5.74) is -0.126. The summed E-state index contributed by atoms with van der Waals surface area (Å²) in [6, 6.07) is 13.6. The minimum atomic E-state index is -4.63. The van der Waals surface area contributed by atoms with Crippen molar-refractivity contribution in [3.05, 3.63) is 99.6 Å². The van der Waals surface area contributed by atoms with Crippen LogP contribution in [0.5, 0.6) is 0 Å². The van der Waals surface area contributed by atoms with Crippen LogP contribution in [0.25, 0.3) is 16.9 Å². The van der Waals surface area contributed by atoms with Crippen molar-refractivity contribution >= 4 is 15.6 Å². The molecule has 4 aromatic rings. The highest BCUT2D eigenvalue weighted by Crippen LogP contribution is 2.31. The zero-order valence-corrected chi connectivity index (χ0v) is 22.4. The van der Waals surface area contributed by atoms with E-state index in [9.17, 15) is 27.0 Å². The highest BCUT2D eigenvalue weighted by Gasteiger charge is 2.31. The number of nitrogens with zero attached hydrogens (tertiary/aromatic N) is 5. The Kier molecular flexibility index (Phi) is 7.66. The van der Waals surface area contributed by atoms with Crippen LogP contribution in [0.1, 0.15) is 27.2 Å². The van der Waals surface area contributed by atoms with Gasteiger partial charge in [0.1, 0.15) is 5.56 Å². The Bertz CT molecular complexity index is 1830. The molecule has 0 radical (unpaired) electrons. The van der Waals surface area contributed by atoms with Gasteiger partial charge in [-0.3, -0.25) is 18.8 Å². The van der Waals surface area contributed by atoms with Crippen LogP contribution < -0.4 is 10.9 Å². The van der Waals surface area contributed by atoms with Gasteiger partial charge in [-0.15, -0.1) is 4.36 Å². The Hall–Kier alpha value is -4.70. The molecule has 9 nitrogen and oxygen atoms in total. The third kappa shape index (κ3) is 5.67. The van der Waals surface area contributed by atoms with Gasteiger partial charge in [-0.1, -0.05) is 18.2 Å². The lowest BCUT2D eigenvalue weighted by Gasteiger charge is -2.18. The number of nitriles is 1. The lowest BCUT2D eigenvalue weighted by atomic mass is 10.1. The number of amides is 1. The molecule has 1 unspecified atom stereocenters. The first-order chi connectivity index (χ1) is 18.8. The van der Waals surface area contributed by atoms with Crippen LogP contribution in [-0.2, 0) is 29.5 Å². The van der Waals surface area contributed by atoms with E-state index in [1.54, 1.807) is 32.2 Å². The number of benzene rings is 2. The Labute approximate surface area is 227 Å². The number of rotatable bonds is 6. The number of alkyl halides is 3. The monoisotopic (exact) mass is 568 g/mol. The second-order valence-electron chi connectivity index (χ2n) is 8.91. The van der Waals surface area contributed by atoms with Crippen molar-refractivity contribution < 1.29 is 22.2 Å². The summed E-state index contributed by atoms with van der Waals surface area (Å²) in [5.74, 6) is -0.739. The highest BCUT2D eigenvalue weighted by molar-refractivity contribution is 7.93. The molecule has 0 fully saturated rings. The molecular formula is C27H23F3N6O3S. The van der Waals surface area contributed by atoms with E-state index in [1.807, 2.05) is 0 Å². The maximum Gasteiger partial charge on any atom is 0.416 e. The molecule has 1 atom stereocenters. The van der Waals surface area contributed by atoms with E-state index in [1.165, 1.54) is 53.7 Å². The van der Waals surface area contributed by atoms with Gasteiger partial charge in [-0.25, -0.2) is 4.21 Å². The second kappa shape index (κ2) is 10.8. The lowest BCUT2D eigenvalue weighted by molar-refractivity contribution is -0.137. The molecule has 0 spiro atoms. The summed E-state index contributed by atoms with van der Waals surface area (Å²) in [4.78, 5) is 27.2. The summed E-state index contributed by atoms with van der Waals surface area (Å²) >= 11 is 0. The molecular weight excluding hydrogens is 545 g/mol. The Morgan fingerprint density at radius 3 is 2.45 bits per heavy atom. The Morgan fingerprint density at radius 2 is 1.85 bits per heavy atom. The van der Waals surface area contributed by atoms with Gasteiger partial charge in [0.05, 0.1) is 21.0 Å². The molecule has 40 heavy (non-hydrogen) atoms. The second-order valence-corrected chi connectivity index (χ2v) is 11.2. The van der Waals surface area contributed by atoms with E-state index in [4.69, 9.17) is 5.26 Å². The molecule has 1 amide bonds. The van der Waals surface area contributed by atoms with Gasteiger partial charge < -0.3 is 5.32 Å². The van der Waals surface area contributed by atoms with Crippen LogP contribution in [0.4, 0.5) is 13.2 Å². The van der Waals surface area contributed by atoms with Gasteiger partial charge in [-0.2, -0.15) is 23.5 Å². The first-order valence-electron chi connectivity index (χ1n) is 11.7. The van der Waals surface area contributed by atoms with E-state index in [2.05, 4.69) is 14.8 Å². The average Bonchev–Trinajstić information content (AvgIpc) is 3.33. The quantitative estimate of drug-likeness (QED) is 0.345. The van der Waals surface area contributed by atoms with E-state index in [-0.39, 0.29) is 17.8 Å². The first-order valence-corrected chi connectivity index (χ1v) is 13.7. The minimum Gasteiger partial charge on any atom is -0.348 e. The largest absolute Gasteiger partial charge is 0.416 e. The lowest BCUT2D eigenvalue weighted by Crippen LogP contribution is -2.33. The van der Waals surface area contributed by atoms with Gasteiger partial charge in [-0.05, 0) is 55.0 Å². The van der Waals surface area contributed by atoms with Gasteiger partial charge >= 0.3 is 6.18 Å². The fraction of sp³-hybridized carbons (Fsp3) is 0.185. The average molecular weight is 569 g/mol. The normalized spacial score (nSPS) is 12.8. The number of halogens is 3. The maximum atomic E-state index is 13.6. The smallest absolute Gasteiger partial charge is 0.348 e. The van der Waals surface area contributed by atoms with Crippen LogP contribution in [0.2, 0.25) is 0 Å². The summed E-state index contributed by atoms with van der Waals surface area (Å²) < 4.78 is 58.8. The van der Waals surface area contributed by atoms with Crippen LogP contribution in [0.3, 0.4) is 0 Å². The molecule has 2 aromatic carbocycles. The van der Waals surface area contributed by atoms with Gasteiger partial charge in [0.15, 0.2) is 0 Å². The first kappa shape index (κ1) is 28.3. The fourth-order valence-corrected chi connectivity index (χ4v) is 5.07. The number of carbonyl (C=O) groups is 1. The summed E-state index contributed by atoms with van der Waals surface area (Å²) in [6.45, 7) is 1.58. The molecule has 206 valence electrons. The summed E-state index contributed by atoms with van der Waals surface area (Å²) in [7, 11) is -1.22. The van der Waals surface area contributed by atoms with E-state index in [0.29, 0.717) is 27.4 Å². The van der Waals surface area contributed by atoms with E-state index < -0.39 is 32.9 Å². The third-order valence-electron chi connectivity index (χ3n) is 6.25. The Morgan fingerprint density at radius 1 is 1.15 bits per heavy atom. The number of pyridine rings is 1. The van der Waals surface area contributed by atoms with E-state index in [0.717, 1.165) is 16.7 Å². The molecule has 0 aliphatic rings. The number of aromatic nitrogens is 3. The van der Waals surface area contributed by atoms with Gasteiger partial charge in [0.25, 0.3) is 11.5 Å². The summed E-state index contributed by atoms with van der Waals surface area (Å²) in [5, 5.41) is 15.5. The molecule has 1 N–H and O–H groups in total. The standard InChI is InChI=1S/C27H23F3N6O3S/c1-17-22(24-11-12-33-35(24)2)14-23(26(38)36(17)20-6-4-5-19(13-20)27(28,29)30)25(37)32-15-18-7-9-21(10-8-18)40(3,39)34-16-31/h4-14H,15H2,1-3H3,(H,32,37). The van der Waals surface area contributed by atoms with Crippen LogP contribution in [0, 0.1) is 18.4 Å². The van der Waals surface area contributed by atoms with E-state index >= 15 is 0 Å². The zero-order chi connectivity index (χ0) is 29.2. The van der Waals surface area contributed by atoms with Crippen molar-refractivity contribution in [2.75, 3.05) is 6.26 Å². The maximum absolute atomic E-state index is 13.6. The molecule has 2 aromatic heterocycles. The number of nitrogens with one attached hydrogen (secondary N) is 1. The van der Waals surface area contributed by atoms with Crippen LogP contribution >= 0.6 is 0 Å². The molecule has 13 heteroatoms. The van der Waals surface area contributed by atoms with Crippen LogP contribution in [0.15, 0.2) is 80.9 Å². The fourth-order valence-electron chi connectivity index (χ4n) is 4.16. The predicted octanol–water partition coefficient (Wildman–Crippen LogP) is 4.43. The van der Waals surface area contributed by atoms with Crippen LogP contribution in [-0.4, -0.2) is 30.7 Å². The molecule has 4 rings (SSSR count). The molecule has 0 aliphatic heterocycles. The van der Waals surface area contributed by atoms with Crippen molar-refractivity contribution in [1.29, 1.82) is 5.26 Å². The molecule has 0 saturated carbocycles. The highest BCUT2D eigenvalue weighted by atomic mass is 32.2. The van der Waals surface area contributed by atoms with Gasteiger partial charge in [0.2, 0.25) is 6.19 Å². The van der Waals surface area contributed by atoms with Crippen molar-refractivity contribution in [2.24, 2.45) is 11.4 Å². The van der Waals surface area contributed by atoms with Gasteiger partial charge in [0, 0.05) is 47.9 Å². The minimum absolute atomic E-state index is 0.00265. The Balaban J connectivity index is 1.75. The summed E-state index contributed by atoms with van der Waals surface area (Å²) in [6.07, 6.45) is -0.238. The SMILES string of the molecule is Cc1c(-c2ccnn2C)cc(C(=O)NCc2ccc(S(C)(=O)=NC#N)cc2)c(=O)n1-c1cccc(C(F)(F)F)c1. The zero-order valence-electron chi connectivity index (χ0n) is 21.6. The number of hydrogen-bond acceptors (Lipinski definition) is 6. The third-order valence-corrected chi connectivity index (χ3v) is 7.83. The number of hydrogen-bond donors (Lipinski definition) is 1. The molecule has 2 heterocycles. The predicted molar refractivity (Wildman–Crippen MR) is 142 cm³/mol. The molecule has 0 aliphatic carbocycles. The number of aryl methyl sites for hydroxylation is 1. The molecule has 0 bridgehead atoms. The molecule has 0 saturated heterocycles. The van der Waals surface area contributed by atoms with Crippen molar-refractivity contribution in [1.82, 2.24) is 19.7 Å². The van der Waals surface area contributed by atoms with Crippen molar-refractivity contribution in [3.63, 3.8) is 0 Å².